The Kier molecular flexibility index (Phi) is 4.61. The number of carbonyl (C=O) groups is 1. The number of imidazole rings is 1. The van der Waals surface area contributed by atoms with Crippen molar-refractivity contribution in [2.75, 3.05) is 6.61 Å². The highest BCUT2D eigenvalue weighted by atomic mass is 16.5. The number of esters is 1. The summed E-state index contributed by atoms with van der Waals surface area (Å²) in [5.74, 6) is -0.408. The normalized spacial score (nSPS) is 11.8. The lowest BCUT2D eigenvalue weighted by molar-refractivity contribution is -0.143. The molecule has 0 fully saturated rings. The third-order valence-corrected chi connectivity index (χ3v) is 3.84. The SMILES string of the molecule is CCOC(=O)CC(c1ccccc1)n1c(=O)[nH]c2ccc(C#N)nc21. The van der Waals surface area contributed by atoms with E-state index in [0.717, 1.165) is 5.56 Å². The Hall–Kier alpha value is -3.40. The second-order valence-corrected chi connectivity index (χ2v) is 5.42. The van der Waals surface area contributed by atoms with Gasteiger partial charge in [0.15, 0.2) is 5.65 Å². The van der Waals surface area contributed by atoms with Crippen LogP contribution in [0.4, 0.5) is 0 Å². The van der Waals surface area contributed by atoms with E-state index in [1.54, 1.807) is 13.0 Å². The molecule has 0 bridgehead atoms. The standard InChI is InChI=1S/C18H16N4O3/c1-2-25-16(23)10-15(12-6-4-3-5-7-12)22-17-14(21-18(22)24)9-8-13(11-19)20-17/h3-9,15H,2,10H2,1H3,(H,21,24). The van der Waals surface area contributed by atoms with Gasteiger partial charge in [0.2, 0.25) is 0 Å². The minimum absolute atomic E-state index is 0.0107. The number of ether oxygens (including phenoxy) is 1. The van der Waals surface area contributed by atoms with Gasteiger partial charge in [0.25, 0.3) is 0 Å². The van der Waals surface area contributed by atoms with Crippen LogP contribution in [0.15, 0.2) is 47.3 Å². The molecule has 0 radical (unpaired) electrons. The predicted octanol–water partition coefficient (Wildman–Crippen LogP) is 2.14. The first kappa shape index (κ1) is 16.5. The molecular weight excluding hydrogens is 320 g/mol. The van der Waals surface area contributed by atoms with Crippen molar-refractivity contribution in [3.05, 3.63) is 64.2 Å². The zero-order valence-electron chi connectivity index (χ0n) is 13.6. The number of nitriles is 1. The van der Waals surface area contributed by atoms with Crippen molar-refractivity contribution >= 4 is 17.1 Å². The molecule has 1 atom stereocenters. The Labute approximate surface area is 143 Å². The van der Waals surface area contributed by atoms with Gasteiger partial charge in [-0.25, -0.2) is 9.78 Å². The highest BCUT2D eigenvalue weighted by molar-refractivity contribution is 5.74. The highest BCUT2D eigenvalue weighted by Crippen LogP contribution is 2.24. The number of hydrogen-bond acceptors (Lipinski definition) is 5. The number of hydrogen-bond donors (Lipinski definition) is 1. The van der Waals surface area contributed by atoms with Crippen LogP contribution in [-0.4, -0.2) is 27.1 Å². The van der Waals surface area contributed by atoms with E-state index in [0.29, 0.717) is 11.2 Å². The van der Waals surface area contributed by atoms with E-state index in [2.05, 4.69) is 9.97 Å². The molecule has 0 aliphatic rings. The molecule has 0 amide bonds. The minimum atomic E-state index is -0.581. The van der Waals surface area contributed by atoms with E-state index in [1.165, 1.54) is 10.6 Å². The summed E-state index contributed by atoms with van der Waals surface area (Å²) in [5, 5.41) is 9.08. The molecule has 1 aromatic carbocycles. The fourth-order valence-corrected chi connectivity index (χ4v) is 2.76. The number of carbonyl (C=O) groups excluding carboxylic acids is 1. The van der Waals surface area contributed by atoms with E-state index in [9.17, 15) is 9.59 Å². The summed E-state index contributed by atoms with van der Waals surface area (Å²) in [6.07, 6.45) is -0.0107. The molecule has 0 saturated carbocycles. The Morgan fingerprint density at radius 2 is 2.08 bits per heavy atom. The number of nitrogens with one attached hydrogen (secondary N) is 1. The molecule has 2 aromatic heterocycles. The molecule has 0 saturated heterocycles. The van der Waals surface area contributed by atoms with E-state index in [1.807, 2.05) is 36.4 Å². The molecule has 0 aliphatic heterocycles. The molecular formula is C18H16N4O3. The topological polar surface area (TPSA) is 101 Å². The molecule has 2 heterocycles. The molecule has 7 nitrogen and oxygen atoms in total. The van der Waals surface area contributed by atoms with Gasteiger partial charge in [0.05, 0.1) is 24.6 Å². The van der Waals surface area contributed by atoms with Crippen LogP contribution in [0.2, 0.25) is 0 Å². The molecule has 25 heavy (non-hydrogen) atoms. The Balaban J connectivity index is 2.17. The number of nitrogens with zero attached hydrogens (tertiary/aromatic N) is 3. The first-order valence-electron chi connectivity index (χ1n) is 7.86. The summed E-state index contributed by atoms with van der Waals surface area (Å²) in [4.78, 5) is 31.5. The van der Waals surface area contributed by atoms with E-state index >= 15 is 0 Å². The summed E-state index contributed by atoms with van der Waals surface area (Å²) in [5.41, 5.74) is 1.43. The quantitative estimate of drug-likeness (QED) is 0.719. The van der Waals surface area contributed by atoms with Gasteiger partial charge in [-0.1, -0.05) is 30.3 Å². The Bertz CT molecular complexity index is 999. The first-order valence-corrected chi connectivity index (χ1v) is 7.86. The molecule has 1 unspecified atom stereocenters. The smallest absolute Gasteiger partial charge is 0.328 e. The second kappa shape index (κ2) is 7.01. The van der Waals surface area contributed by atoms with Crippen molar-refractivity contribution in [2.45, 2.75) is 19.4 Å². The van der Waals surface area contributed by atoms with E-state index in [4.69, 9.17) is 10.00 Å². The molecule has 1 N–H and O–H groups in total. The van der Waals surface area contributed by atoms with Crippen LogP contribution in [0.1, 0.15) is 30.6 Å². The summed E-state index contributed by atoms with van der Waals surface area (Å²) >= 11 is 0. The van der Waals surface area contributed by atoms with Crippen LogP contribution in [0, 0.1) is 11.3 Å². The lowest BCUT2D eigenvalue weighted by atomic mass is 10.0. The predicted molar refractivity (Wildman–Crippen MR) is 90.9 cm³/mol. The van der Waals surface area contributed by atoms with Gasteiger partial charge in [-0.3, -0.25) is 9.36 Å². The molecule has 0 spiro atoms. The van der Waals surface area contributed by atoms with E-state index in [-0.39, 0.29) is 18.7 Å². The van der Waals surface area contributed by atoms with Crippen LogP contribution >= 0.6 is 0 Å². The van der Waals surface area contributed by atoms with Crippen LogP contribution in [0.3, 0.4) is 0 Å². The molecule has 7 heteroatoms. The number of fused-ring (bicyclic) bond motifs is 1. The molecule has 0 aliphatic carbocycles. The lowest BCUT2D eigenvalue weighted by Crippen LogP contribution is -2.26. The van der Waals surface area contributed by atoms with Crippen LogP contribution in [-0.2, 0) is 9.53 Å². The first-order chi connectivity index (χ1) is 12.1. The van der Waals surface area contributed by atoms with Crippen molar-refractivity contribution in [1.29, 1.82) is 5.26 Å². The molecule has 3 aromatic rings. The summed E-state index contributed by atoms with van der Waals surface area (Å²) in [7, 11) is 0. The molecule has 3 rings (SSSR count). The number of aromatic nitrogens is 3. The van der Waals surface area contributed by atoms with Gasteiger partial charge in [-0.15, -0.1) is 0 Å². The summed E-state index contributed by atoms with van der Waals surface area (Å²) in [6.45, 7) is 1.99. The van der Waals surface area contributed by atoms with Crippen LogP contribution in [0.5, 0.6) is 0 Å². The third-order valence-electron chi connectivity index (χ3n) is 3.84. The summed E-state index contributed by atoms with van der Waals surface area (Å²) in [6, 6.07) is 13.7. The third kappa shape index (κ3) is 3.28. The number of rotatable bonds is 5. The number of pyridine rings is 1. The minimum Gasteiger partial charge on any atom is -0.466 e. The zero-order chi connectivity index (χ0) is 17.8. The average molecular weight is 336 g/mol. The Morgan fingerprint density at radius 3 is 2.76 bits per heavy atom. The number of benzene rings is 1. The van der Waals surface area contributed by atoms with Crippen molar-refractivity contribution in [3.63, 3.8) is 0 Å². The lowest BCUT2D eigenvalue weighted by Gasteiger charge is -2.18. The average Bonchev–Trinajstić information content (AvgIpc) is 2.95. The molecule has 126 valence electrons. The van der Waals surface area contributed by atoms with Gasteiger partial charge >= 0.3 is 11.7 Å². The van der Waals surface area contributed by atoms with Crippen LogP contribution < -0.4 is 5.69 Å². The van der Waals surface area contributed by atoms with Gasteiger partial charge in [-0.05, 0) is 24.6 Å². The second-order valence-electron chi connectivity index (χ2n) is 5.42. The zero-order valence-corrected chi connectivity index (χ0v) is 13.6. The van der Waals surface area contributed by atoms with Crippen molar-refractivity contribution in [2.24, 2.45) is 0 Å². The maximum Gasteiger partial charge on any atom is 0.328 e. The van der Waals surface area contributed by atoms with Crippen molar-refractivity contribution in [3.8, 4) is 6.07 Å². The Morgan fingerprint density at radius 1 is 1.32 bits per heavy atom. The highest BCUT2D eigenvalue weighted by Gasteiger charge is 2.23. The summed E-state index contributed by atoms with van der Waals surface area (Å²) < 4.78 is 6.46. The van der Waals surface area contributed by atoms with Gasteiger partial charge < -0.3 is 9.72 Å². The van der Waals surface area contributed by atoms with E-state index < -0.39 is 17.7 Å². The number of H-pyrrole nitrogens is 1. The maximum absolute atomic E-state index is 12.5. The largest absolute Gasteiger partial charge is 0.466 e. The van der Waals surface area contributed by atoms with Gasteiger partial charge in [-0.2, -0.15) is 5.26 Å². The monoisotopic (exact) mass is 336 g/mol. The number of aromatic amines is 1. The van der Waals surface area contributed by atoms with Crippen molar-refractivity contribution < 1.29 is 9.53 Å². The maximum atomic E-state index is 12.5. The fraction of sp³-hybridized carbons (Fsp3) is 0.222. The fourth-order valence-electron chi connectivity index (χ4n) is 2.76. The van der Waals surface area contributed by atoms with Crippen molar-refractivity contribution in [1.82, 2.24) is 14.5 Å². The van der Waals surface area contributed by atoms with Gasteiger partial charge in [0.1, 0.15) is 11.8 Å². The van der Waals surface area contributed by atoms with Gasteiger partial charge in [0, 0.05) is 0 Å². The van der Waals surface area contributed by atoms with Crippen LogP contribution in [0.25, 0.3) is 11.2 Å².